The summed E-state index contributed by atoms with van der Waals surface area (Å²) in [4.78, 5) is 22.0. The van der Waals surface area contributed by atoms with Crippen molar-refractivity contribution in [1.29, 1.82) is 0 Å². The van der Waals surface area contributed by atoms with Gasteiger partial charge in [0.2, 0.25) is 0 Å². The summed E-state index contributed by atoms with van der Waals surface area (Å²) in [5.41, 5.74) is 1.57. The van der Waals surface area contributed by atoms with Gasteiger partial charge in [-0.1, -0.05) is 49.7 Å². The number of rotatable bonds is 5. The first kappa shape index (κ1) is 22.0. The lowest BCUT2D eigenvalue weighted by Gasteiger charge is -2.21. The van der Waals surface area contributed by atoms with E-state index in [-0.39, 0.29) is 27.8 Å². The predicted octanol–water partition coefficient (Wildman–Crippen LogP) is 4.15. The van der Waals surface area contributed by atoms with Gasteiger partial charge in [0.15, 0.2) is 5.69 Å². The van der Waals surface area contributed by atoms with E-state index in [9.17, 15) is 19.4 Å². The molecule has 3 rings (SSSR count). The summed E-state index contributed by atoms with van der Waals surface area (Å²) in [5, 5.41) is 20.0. The molecular formula is C20H22ClN4O4P. The highest BCUT2D eigenvalue weighted by molar-refractivity contribution is 7.67. The maximum Gasteiger partial charge on any atom is 0.358 e. The van der Waals surface area contributed by atoms with Crippen LogP contribution in [0, 0.1) is 6.92 Å². The zero-order valence-corrected chi connectivity index (χ0v) is 18.6. The van der Waals surface area contributed by atoms with Crippen LogP contribution in [0.5, 0.6) is 0 Å². The highest BCUT2D eigenvalue weighted by atomic mass is 35.5. The minimum atomic E-state index is -4.00. The van der Waals surface area contributed by atoms with Crippen LogP contribution in [0.2, 0.25) is 5.02 Å². The molecule has 0 spiro atoms. The summed E-state index contributed by atoms with van der Waals surface area (Å²) >= 11 is 6.10. The van der Waals surface area contributed by atoms with E-state index >= 15 is 0 Å². The third-order valence-corrected chi connectivity index (χ3v) is 6.42. The number of carbonyl (C=O) groups is 1. The lowest BCUT2D eigenvalue weighted by Crippen LogP contribution is -2.16. The van der Waals surface area contributed by atoms with Gasteiger partial charge in [0.25, 0.3) is 0 Å². The first-order valence-corrected chi connectivity index (χ1v) is 11.1. The average Bonchev–Trinajstić information content (AvgIpc) is 3.04. The van der Waals surface area contributed by atoms with Gasteiger partial charge in [-0.25, -0.2) is 9.48 Å². The predicted molar refractivity (Wildman–Crippen MR) is 116 cm³/mol. The smallest absolute Gasteiger partial charge is 0.358 e. The summed E-state index contributed by atoms with van der Waals surface area (Å²) in [6.07, 6.45) is 0. The van der Waals surface area contributed by atoms with E-state index in [1.165, 1.54) is 23.7 Å². The number of hydrogen-bond acceptors (Lipinski definition) is 4. The minimum Gasteiger partial charge on any atom is -0.476 e. The topological polar surface area (TPSA) is 117 Å². The van der Waals surface area contributed by atoms with E-state index < -0.39 is 13.5 Å². The second kappa shape index (κ2) is 7.87. The summed E-state index contributed by atoms with van der Waals surface area (Å²) in [7, 11) is -4.00. The van der Waals surface area contributed by atoms with Crippen LogP contribution in [0.15, 0.2) is 42.5 Å². The summed E-state index contributed by atoms with van der Waals surface area (Å²) < 4.78 is 14.3. The molecule has 3 aromatic rings. The third-order valence-electron chi connectivity index (χ3n) is 4.64. The first-order valence-electron chi connectivity index (χ1n) is 9.08. The van der Waals surface area contributed by atoms with Crippen LogP contribution in [0.1, 0.15) is 42.5 Å². The zero-order valence-electron chi connectivity index (χ0n) is 16.9. The van der Waals surface area contributed by atoms with Gasteiger partial charge in [0.1, 0.15) is 0 Å². The number of carboxylic acid groups (broad SMARTS) is 1. The number of benzene rings is 2. The van der Waals surface area contributed by atoms with Crippen molar-refractivity contribution < 1.29 is 19.4 Å². The highest BCUT2D eigenvalue weighted by Gasteiger charge is 2.25. The van der Waals surface area contributed by atoms with Crippen LogP contribution in [-0.4, -0.2) is 31.0 Å². The number of anilines is 1. The first-order chi connectivity index (χ1) is 13.9. The van der Waals surface area contributed by atoms with E-state index in [1.54, 1.807) is 18.2 Å². The van der Waals surface area contributed by atoms with Crippen molar-refractivity contribution in [2.45, 2.75) is 33.1 Å². The number of carboxylic acids is 1. The Balaban J connectivity index is 2.01. The highest BCUT2D eigenvalue weighted by Crippen LogP contribution is 2.42. The van der Waals surface area contributed by atoms with Crippen LogP contribution in [-0.2, 0) is 9.98 Å². The van der Waals surface area contributed by atoms with Gasteiger partial charge in [-0.3, -0.25) is 4.57 Å². The third kappa shape index (κ3) is 4.41. The molecular weight excluding hydrogens is 427 g/mol. The van der Waals surface area contributed by atoms with E-state index in [1.807, 2.05) is 12.1 Å². The van der Waals surface area contributed by atoms with Crippen molar-refractivity contribution in [2.75, 3.05) is 5.09 Å². The molecule has 1 heterocycles. The van der Waals surface area contributed by atoms with Crippen LogP contribution in [0.3, 0.4) is 0 Å². The van der Waals surface area contributed by atoms with E-state index in [4.69, 9.17) is 11.6 Å². The Kier molecular flexibility index (Phi) is 5.78. The molecule has 3 N–H and O–H groups in total. The standard InChI is InChI=1S/C20H22ClN4O4P/c1-12-18(19(26)27)22-24-25(12)17-11-14(21)7-10-16(17)23-30(28,29)15-8-5-13(6-9-15)20(2,3)4/h5-11H,1-4H3,(H,26,27)(H2,23,28,29). The maximum atomic E-state index is 13.1. The average molecular weight is 449 g/mol. The van der Waals surface area contributed by atoms with Gasteiger partial charge in [-0.05, 0) is 48.2 Å². The molecule has 30 heavy (non-hydrogen) atoms. The normalized spacial score (nSPS) is 13.7. The molecule has 0 amide bonds. The Morgan fingerprint density at radius 2 is 1.80 bits per heavy atom. The Bertz CT molecular complexity index is 1150. The molecule has 10 heteroatoms. The molecule has 0 bridgehead atoms. The van der Waals surface area contributed by atoms with Crippen LogP contribution < -0.4 is 10.4 Å². The maximum absolute atomic E-state index is 13.1. The number of aromatic carboxylic acids is 1. The number of hydrogen-bond donors (Lipinski definition) is 3. The van der Waals surface area contributed by atoms with Crippen molar-refractivity contribution in [3.63, 3.8) is 0 Å². The molecule has 1 aromatic heterocycles. The fourth-order valence-electron chi connectivity index (χ4n) is 2.92. The Labute approximate surface area is 179 Å². The van der Waals surface area contributed by atoms with Crippen molar-refractivity contribution in [2.24, 2.45) is 0 Å². The number of halogens is 1. The van der Waals surface area contributed by atoms with Gasteiger partial charge >= 0.3 is 13.5 Å². The second-order valence-corrected chi connectivity index (χ2v) is 10.2. The molecule has 0 fully saturated rings. The molecule has 0 saturated heterocycles. The van der Waals surface area contributed by atoms with Gasteiger partial charge in [-0.15, -0.1) is 5.10 Å². The molecule has 158 valence electrons. The van der Waals surface area contributed by atoms with Gasteiger partial charge in [-0.2, -0.15) is 0 Å². The number of nitrogens with zero attached hydrogens (tertiary/aromatic N) is 3. The number of nitrogens with one attached hydrogen (secondary N) is 1. The largest absolute Gasteiger partial charge is 0.476 e. The second-order valence-electron chi connectivity index (χ2n) is 7.89. The van der Waals surface area contributed by atoms with Crippen LogP contribution in [0.4, 0.5) is 5.69 Å². The van der Waals surface area contributed by atoms with Gasteiger partial charge in [0.05, 0.1) is 22.4 Å². The molecule has 1 unspecified atom stereocenters. The van der Waals surface area contributed by atoms with Crippen molar-refractivity contribution in [3.8, 4) is 5.69 Å². The van der Waals surface area contributed by atoms with Crippen LogP contribution >= 0.6 is 19.1 Å². The Hall–Kier alpha value is -2.67. The van der Waals surface area contributed by atoms with E-state index in [2.05, 4.69) is 36.2 Å². The van der Waals surface area contributed by atoms with E-state index in [0.29, 0.717) is 10.7 Å². The van der Waals surface area contributed by atoms with Crippen molar-refractivity contribution >= 4 is 36.1 Å². The summed E-state index contributed by atoms with van der Waals surface area (Å²) in [6, 6.07) is 11.5. The summed E-state index contributed by atoms with van der Waals surface area (Å²) in [5.74, 6) is -1.22. The zero-order chi connectivity index (χ0) is 22.3. The molecule has 0 aliphatic rings. The van der Waals surface area contributed by atoms with Gasteiger partial charge in [0, 0.05) is 5.02 Å². The van der Waals surface area contributed by atoms with Crippen LogP contribution in [0.25, 0.3) is 5.69 Å². The minimum absolute atomic E-state index is 0.0821. The van der Waals surface area contributed by atoms with E-state index in [0.717, 1.165) is 5.56 Å². The fourth-order valence-corrected chi connectivity index (χ4v) is 4.29. The molecule has 2 aromatic carbocycles. The fraction of sp³-hybridized carbons (Fsp3) is 0.250. The van der Waals surface area contributed by atoms with Crippen molar-refractivity contribution in [3.05, 3.63) is 64.4 Å². The Morgan fingerprint density at radius 1 is 1.17 bits per heavy atom. The lowest BCUT2D eigenvalue weighted by molar-refractivity contribution is 0.0689. The summed E-state index contributed by atoms with van der Waals surface area (Å²) in [6.45, 7) is 7.72. The monoisotopic (exact) mass is 448 g/mol. The molecule has 8 nitrogen and oxygen atoms in total. The Morgan fingerprint density at radius 3 is 2.33 bits per heavy atom. The lowest BCUT2D eigenvalue weighted by atomic mass is 9.87. The number of aromatic nitrogens is 3. The molecule has 0 aliphatic heterocycles. The molecule has 0 aliphatic carbocycles. The van der Waals surface area contributed by atoms with Crippen molar-refractivity contribution in [1.82, 2.24) is 15.0 Å². The molecule has 0 saturated carbocycles. The SMILES string of the molecule is Cc1c(C(=O)O)nnn1-c1cc(Cl)ccc1NP(=O)(O)c1ccc(C(C)(C)C)cc1. The quantitative estimate of drug-likeness (QED) is 0.502. The van der Waals surface area contributed by atoms with Gasteiger partial charge < -0.3 is 15.1 Å². The molecule has 0 radical (unpaired) electrons. The molecule has 1 atom stereocenters.